The average molecular weight is 276 g/mol. The van der Waals surface area contributed by atoms with E-state index >= 15 is 0 Å². The van der Waals surface area contributed by atoms with Gasteiger partial charge in [-0.25, -0.2) is 5.01 Å². The molecule has 19 heavy (non-hydrogen) atoms. The van der Waals surface area contributed by atoms with Gasteiger partial charge in [-0.05, 0) is 61.8 Å². The molecular weight excluding hydrogens is 260 g/mol. The number of thioether (sulfide) groups is 1. The molecule has 0 atom stereocenters. The van der Waals surface area contributed by atoms with Gasteiger partial charge in [0.05, 0.1) is 6.54 Å². The summed E-state index contributed by atoms with van der Waals surface area (Å²) in [7, 11) is 0. The van der Waals surface area contributed by atoms with Crippen molar-refractivity contribution in [2.75, 3.05) is 6.54 Å². The lowest BCUT2D eigenvalue weighted by molar-refractivity contribution is 0.436. The highest BCUT2D eigenvalue weighted by Crippen LogP contribution is 2.57. The van der Waals surface area contributed by atoms with E-state index in [9.17, 15) is 4.91 Å². The lowest BCUT2D eigenvalue weighted by Crippen LogP contribution is -2.39. The van der Waals surface area contributed by atoms with Crippen molar-refractivity contribution in [3.63, 3.8) is 0 Å². The van der Waals surface area contributed by atoms with Gasteiger partial charge in [-0.2, -0.15) is 5.10 Å². The van der Waals surface area contributed by atoms with Crippen LogP contribution in [0.25, 0.3) is 0 Å². The van der Waals surface area contributed by atoms with E-state index in [4.69, 9.17) is 0 Å². The summed E-state index contributed by atoms with van der Waals surface area (Å²) in [6, 6.07) is 0. The fourth-order valence-corrected chi connectivity index (χ4v) is 4.16. The van der Waals surface area contributed by atoms with Crippen LogP contribution in [0.1, 0.15) is 32.6 Å². The molecule has 0 saturated heterocycles. The van der Waals surface area contributed by atoms with E-state index in [2.05, 4.69) is 15.3 Å². The van der Waals surface area contributed by atoms with Gasteiger partial charge in [0, 0.05) is 6.20 Å². The van der Waals surface area contributed by atoms with Gasteiger partial charge in [-0.15, -0.1) is 4.91 Å². The summed E-state index contributed by atoms with van der Waals surface area (Å²) in [5.74, 6) is 0.826. The Morgan fingerprint density at radius 1 is 1.37 bits per heavy atom. The quantitative estimate of drug-likeness (QED) is 0.742. The third-order valence-corrected chi connectivity index (χ3v) is 5.38. The van der Waals surface area contributed by atoms with Crippen LogP contribution in [0.5, 0.6) is 0 Å². The zero-order chi connectivity index (χ0) is 13.0. The molecular formula is C13H16N4OS. The summed E-state index contributed by atoms with van der Waals surface area (Å²) in [5.41, 5.74) is 0.642. The van der Waals surface area contributed by atoms with Crippen molar-refractivity contribution < 1.29 is 0 Å². The number of fused-ring (bicyclic) bond motifs is 1. The summed E-state index contributed by atoms with van der Waals surface area (Å²) in [4.78, 5) is 16.1. The summed E-state index contributed by atoms with van der Waals surface area (Å²) in [6.45, 7) is 2.78. The number of hydrogen-bond donors (Lipinski definition) is 0. The van der Waals surface area contributed by atoms with Gasteiger partial charge in [-0.3, -0.25) is 4.99 Å². The Labute approximate surface area is 116 Å². The third-order valence-electron chi connectivity index (χ3n) is 4.28. The SMILES string of the molecule is CC1=CN2N=C(C(N=O)(C3CC3)C3CC3)SC2=NC1. The van der Waals surface area contributed by atoms with Crippen LogP contribution in [0.2, 0.25) is 0 Å². The van der Waals surface area contributed by atoms with E-state index in [0.29, 0.717) is 11.8 Å². The Hall–Kier alpha value is -1.17. The lowest BCUT2D eigenvalue weighted by atomic mass is 9.89. The zero-order valence-electron chi connectivity index (χ0n) is 10.9. The van der Waals surface area contributed by atoms with Crippen molar-refractivity contribution in [1.29, 1.82) is 0 Å². The van der Waals surface area contributed by atoms with Crippen LogP contribution in [0.3, 0.4) is 0 Å². The second kappa shape index (κ2) is 3.91. The molecule has 2 heterocycles. The number of nitroso groups, excluding NO2 is 1. The number of rotatable bonds is 4. The second-order valence-corrected chi connectivity index (χ2v) is 6.85. The number of aliphatic imine (C=N–C) groups is 1. The number of amidine groups is 1. The van der Waals surface area contributed by atoms with Crippen molar-refractivity contribution in [2.24, 2.45) is 27.1 Å². The molecule has 6 heteroatoms. The molecule has 2 saturated carbocycles. The molecule has 4 aliphatic rings. The Balaban J connectivity index is 1.71. The first-order valence-electron chi connectivity index (χ1n) is 6.86. The van der Waals surface area contributed by atoms with Crippen LogP contribution in [0.15, 0.2) is 27.0 Å². The summed E-state index contributed by atoms with van der Waals surface area (Å²) in [5, 5.41) is 11.8. The van der Waals surface area contributed by atoms with Crippen LogP contribution < -0.4 is 0 Å². The van der Waals surface area contributed by atoms with Gasteiger partial charge in [0.1, 0.15) is 5.04 Å². The van der Waals surface area contributed by atoms with Gasteiger partial charge in [-0.1, -0.05) is 5.18 Å². The minimum Gasteiger partial charge on any atom is -0.256 e. The van der Waals surface area contributed by atoms with Gasteiger partial charge < -0.3 is 0 Å². The Bertz CT molecular complexity index is 519. The van der Waals surface area contributed by atoms with Crippen LogP contribution in [-0.2, 0) is 0 Å². The molecule has 0 unspecified atom stereocenters. The lowest BCUT2D eigenvalue weighted by Gasteiger charge is -2.24. The molecule has 0 aromatic carbocycles. The number of hydrazone groups is 1. The third kappa shape index (κ3) is 1.69. The standard InChI is InChI=1S/C13H16N4OS/c1-8-6-14-12-17(7-8)15-11(19-12)13(16-18,9-2-3-9)10-4-5-10/h7,9-10H,2-6H2,1H3. The predicted octanol–water partition coefficient (Wildman–Crippen LogP) is 2.95. The first-order valence-corrected chi connectivity index (χ1v) is 7.68. The average Bonchev–Trinajstić information content (AvgIpc) is 3.29. The first kappa shape index (κ1) is 11.6. The summed E-state index contributed by atoms with van der Waals surface area (Å²) in [6.07, 6.45) is 6.47. The fraction of sp³-hybridized carbons (Fsp3) is 0.692. The molecule has 0 spiro atoms. The monoisotopic (exact) mass is 276 g/mol. The van der Waals surface area contributed by atoms with E-state index in [1.165, 1.54) is 5.57 Å². The van der Waals surface area contributed by atoms with Crippen molar-refractivity contribution in [3.8, 4) is 0 Å². The van der Waals surface area contributed by atoms with Gasteiger partial charge in [0.15, 0.2) is 10.7 Å². The van der Waals surface area contributed by atoms with E-state index < -0.39 is 5.54 Å². The van der Waals surface area contributed by atoms with Crippen LogP contribution in [0.4, 0.5) is 0 Å². The van der Waals surface area contributed by atoms with Gasteiger partial charge in [0.2, 0.25) is 0 Å². The molecule has 2 fully saturated rings. The minimum atomic E-state index is -0.549. The molecule has 0 amide bonds. The molecule has 100 valence electrons. The predicted molar refractivity (Wildman–Crippen MR) is 76.9 cm³/mol. The Kier molecular flexibility index (Phi) is 2.40. The Morgan fingerprint density at radius 2 is 2.05 bits per heavy atom. The maximum atomic E-state index is 11.6. The molecule has 0 aromatic heterocycles. The molecule has 4 rings (SSSR count). The van der Waals surface area contributed by atoms with Crippen LogP contribution in [0, 0.1) is 16.7 Å². The van der Waals surface area contributed by atoms with Crippen molar-refractivity contribution in [3.05, 3.63) is 16.7 Å². The second-order valence-electron chi connectivity index (χ2n) is 5.89. The van der Waals surface area contributed by atoms with E-state index in [-0.39, 0.29) is 0 Å². The smallest absolute Gasteiger partial charge is 0.190 e. The van der Waals surface area contributed by atoms with E-state index in [1.54, 1.807) is 11.8 Å². The highest BCUT2D eigenvalue weighted by Gasteiger charge is 2.61. The number of nitrogens with zero attached hydrogens (tertiary/aromatic N) is 4. The summed E-state index contributed by atoms with van der Waals surface area (Å²) < 4.78 is 0. The van der Waals surface area contributed by atoms with Crippen molar-refractivity contribution in [1.82, 2.24) is 5.01 Å². The highest BCUT2D eigenvalue weighted by molar-refractivity contribution is 8.27. The van der Waals surface area contributed by atoms with Crippen LogP contribution in [-0.4, -0.2) is 27.3 Å². The fourth-order valence-electron chi connectivity index (χ4n) is 3.00. The van der Waals surface area contributed by atoms with E-state index in [0.717, 1.165) is 42.4 Å². The molecule has 5 nitrogen and oxygen atoms in total. The van der Waals surface area contributed by atoms with Gasteiger partial charge in [0.25, 0.3) is 0 Å². The molecule has 2 aliphatic carbocycles. The van der Waals surface area contributed by atoms with Crippen molar-refractivity contribution in [2.45, 2.75) is 38.1 Å². The van der Waals surface area contributed by atoms with Crippen LogP contribution >= 0.6 is 11.8 Å². The maximum absolute atomic E-state index is 11.6. The molecule has 0 aromatic rings. The summed E-state index contributed by atoms with van der Waals surface area (Å²) >= 11 is 1.55. The van der Waals surface area contributed by atoms with E-state index in [1.807, 2.05) is 18.1 Å². The first-order chi connectivity index (χ1) is 9.24. The minimum absolute atomic E-state index is 0.413. The normalized spacial score (nSPS) is 26.6. The Morgan fingerprint density at radius 3 is 2.63 bits per heavy atom. The highest BCUT2D eigenvalue weighted by atomic mass is 32.2. The topological polar surface area (TPSA) is 57.4 Å². The zero-order valence-corrected chi connectivity index (χ0v) is 11.7. The number of hydrogen-bond acceptors (Lipinski definition) is 6. The van der Waals surface area contributed by atoms with Crippen molar-refractivity contribution >= 4 is 22.0 Å². The molecule has 0 N–H and O–H groups in total. The largest absolute Gasteiger partial charge is 0.256 e. The molecule has 0 bridgehead atoms. The van der Waals surface area contributed by atoms with Gasteiger partial charge >= 0.3 is 0 Å². The molecule has 0 radical (unpaired) electrons. The molecule has 2 aliphatic heterocycles. The maximum Gasteiger partial charge on any atom is 0.190 e.